The van der Waals surface area contributed by atoms with Crippen molar-refractivity contribution in [3.8, 4) is 0 Å². The molecule has 100 valence electrons. The van der Waals surface area contributed by atoms with Crippen molar-refractivity contribution in [3.05, 3.63) is 0 Å². The van der Waals surface area contributed by atoms with Gasteiger partial charge in [0.1, 0.15) is 5.71 Å². The quantitative estimate of drug-likeness (QED) is 0.338. The van der Waals surface area contributed by atoms with E-state index >= 15 is 0 Å². The smallest absolute Gasteiger partial charge is 0.186 e. The largest absolute Gasteiger partial charge is 0.411 e. The monoisotopic (exact) mass is 252 g/mol. The van der Waals surface area contributed by atoms with Crippen molar-refractivity contribution < 1.29 is 10.0 Å². The summed E-state index contributed by atoms with van der Waals surface area (Å²) >= 11 is 0. The molecular formula is C12H20N4O2. The molecule has 3 fully saturated rings. The molecule has 3 rings (SSSR count). The van der Waals surface area contributed by atoms with Crippen LogP contribution in [0, 0.1) is 11.8 Å². The van der Waals surface area contributed by atoms with Crippen molar-refractivity contribution in [1.82, 2.24) is 16.0 Å². The van der Waals surface area contributed by atoms with Gasteiger partial charge in [0.25, 0.3) is 0 Å². The number of nitrogens with zero attached hydrogens (tertiary/aromatic N) is 1. The predicted octanol–water partition coefficient (Wildman–Crippen LogP) is -0.707. The number of carbonyl (C=O) groups excluding carboxylic acids is 1. The fourth-order valence-corrected chi connectivity index (χ4v) is 3.42. The third-order valence-electron chi connectivity index (χ3n) is 4.38. The molecule has 0 radical (unpaired) electrons. The predicted molar refractivity (Wildman–Crippen MR) is 66.6 cm³/mol. The average molecular weight is 252 g/mol. The molecule has 0 amide bonds. The van der Waals surface area contributed by atoms with Crippen LogP contribution in [-0.2, 0) is 4.79 Å². The Hall–Kier alpha value is -0.980. The van der Waals surface area contributed by atoms with E-state index in [1.807, 2.05) is 0 Å². The Morgan fingerprint density at radius 1 is 1.22 bits per heavy atom. The lowest BCUT2D eigenvalue weighted by molar-refractivity contribution is -0.118. The van der Waals surface area contributed by atoms with Crippen LogP contribution in [0.25, 0.3) is 0 Å². The minimum atomic E-state index is -0.0877. The molecule has 6 heteroatoms. The Labute approximate surface area is 106 Å². The van der Waals surface area contributed by atoms with Gasteiger partial charge in [0, 0.05) is 18.5 Å². The van der Waals surface area contributed by atoms with Gasteiger partial charge in [-0.3, -0.25) is 10.1 Å². The second-order valence-corrected chi connectivity index (χ2v) is 5.40. The molecule has 3 heterocycles. The molecule has 18 heavy (non-hydrogen) atoms. The molecule has 3 saturated heterocycles. The van der Waals surface area contributed by atoms with Gasteiger partial charge in [0.05, 0.1) is 12.1 Å². The normalized spacial score (nSPS) is 43.1. The van der Waals surface area contributed by atoms with Crippen molar-refractivity contribution >= 4 is 11.5 Å². The van der Waals surface area contributed by atoms with Crippen LogP contribution in [0.3, 0.4) is 0 Å². The van der Waals surface area contributed by atoms with Crippen LogP contribution in [-0.4, -0.2) is 48.5 Å². The van der Waals surface area contributed by atoms with Gasteiger partial charge in [-0.05, 0) is 32.4 Å². The lowest BCUT2D eigenvalue weighted by Gasteiger charge is -2.34. The fraction of sp³-hybridized carbons (Fsp3) is 0.833. The number of hydrogen-bond donors (Lipinski definition) is 4. The van der Waals surface area contributed by atoms with Crippen molar-refractivity contribution in [2.24, 2.45) is 17.0 Å². The van der Waals surface area contributed by atoms with Gasteiger partial charge in [-0.2, -0.15) is 0 Å². The van der Waals surface area contributed by atoms with E-state index in [2.05, 4.69) is 21.1 Å². The SMILES string of the molecule is O=C1C(=NO)C2CNCCC2NC2NCCCC12. The summed E-state index contributed by atoms with van der Waals surface area (Å²) in [5.41, 5.74) is 0.357. The second kappa shape index (κ2) is 4.95. The maximum absolute atomic E-state index is 12.5. The molecule has 0 bridgehead atoms. The van der Waals surface area contributed by atoms with Crippen LogP contribution in [0.2, 0.25) is 0 Å². The molecule has 4 atom stereocenters. The molecule has 3 aliphatic heterocycles. The summed E-state index contributed by atoms with van der Waals surface area (Å²) < 4.78 is 0. The minimum Gasteiger partial charge on any atom is -0.411 e. The van der Waals surface area contributed by atoms with E-state index in [9.17, 15) is 10.0 Å². The van der Waals surface area contributed by atoms with Crippen LogP contribution < -0.4 is 16.0 Å². The topological polar surface area (TPSA) is 85.8 Å². The van der Waals surface area contributed by atoms with Crippen molar-refractivity contribution in [3.63, 3.8) is 0 Å². The van der Waals surface area contributed by atoms with Crippen molar-refractivity contribution in [2.75, 3.05) is 19.6 Å². The van der Waals surface area contributed by atoms with Crippen LogP contribution in [0.1, 0.15) is 19.3 Å². The number of nitrogens with one attached hydrogen (secondary N) is 3. The number of carbonyl (C=O) groups is 1. The third-order valence-corrected chi connectivity index (χ3v) is 4.38. The van der Waals surface area contributed by atoms with Gasteiger partial charge in [-0.25, -0.2) is 0 Å². The Morgan fingerprint density at radius 2 is 2.11 bits per heavy atom. The van der Waals surface area contributed by atoms with Crippen LogP contribution in [0.4, 0.5) is 0 Å². The standard InChI is InChI=1S/C12H20N4O2/c17-11-7-2-1-4-14-12(7)15-9-3-5-13-6-8(9)10(11)16-18/h7-9,12-15,18H,1-6H2. The summed E-state index contributed by atoms with van der Waals surface area (Å²) in [5, 5.41) is 22.7. The average Bonchev–Trinajstić information content (AvgIpc) is 2.53. The van der Waals surface area contributed by atoms with Gasteiger partial charge in [0.15, 0.2) is 5.78 Å². The highest BCUT2D eigenvalue weighted by Crippen LogP contribution is 2.26. The van der Waals surface area contributed by atoms with Crippen molar-refractivity contribution in [1.29, 1.82) is 0 Å². The lowest BCUT2D eigenvalue weighted by Crippen LogP contribution is -2.57. The molecule has 4 N–H and O–H groups in total. The molecule has 0 aromatic rings. The second-order valence-electron chi connectivity index (χ2n) is 5.40. The molecule has 0 aromatic carbocycles. The fourth-order valence-electron chi connectivity index (χ4n) is 3.42. The third kappa shape index (κ3) is 1.94. The van der Waals surface area contributed by atoms with Gasteiger partial charge in [-0.1, -0.05) is 5.16 Å². The van der Waals surface area contributed by atoms with E-state index in [0.29, 0.717) is 12.3 Å². The first kappa shape index (κ1) is 12.1. The first-order chi connectivity index (χ1) is 8.81. The molecule has 3 aliphatic rings. The van der Waals surface area contributed by atoms with Crippen LogP contribution in [0.15, 0.2) is 5.16 Å². The van der Waals surface area contributed by atoms with Gasteiger partial charge in [0.2, 0.25) is 0 Å². The zero-order valence-electron chi connectivity index (χ0n) is 10.4. The maximum Gasteiger partial charge on any atom is 0.186 e. The zero-order valence-corrected chi connectivity index (χ0v) is 10.4. The summed E-state index contributed by atoms with van der Waals surface area (Å²) in [7, 11) is 0. The highest BCUT2D eigenvalue weighted by molar-refractivity contribution is 6.41. The molecular weight excluding hydrogens is 232 g/mol. The van der Waals surface area contributed by atoms with Crippen LogP contribution >= 0.6 is 0 Å². The molecule has 0 saturated carbocycles. The maximum atomic E-state index is 12.5. The number of ketones is 1. The summed E-state index contributed by atoms with van der Waals surface area (Å²) in [5.74, 6) is -0.0858. The summed E-state index contributed by atoms with van der Waals surface area (Å²) in [6.45, 7) is 2.60. The highest BCUT2D eigenvalue weighted by Gasteiger charge is 2.44. The van der Waals surface area contributed by atoms with Gasteiger partial charge >= 0.3 is 0 Å². The first-order valence-electron chi connectivity index (χ1n) is 6.77. The number of rotatable bonds is 0. The van der Waals surface area contributed by atoms with E-state index in [0.717, 1.165) is 32.4 Å². The Morgan fingerprint density at radius 3 is 2.94 bits per heavy atom. The van der Waals surface area contributed by atoms with E-state index < -0.39 is 0 Å². The Kier molecular flexibility index (Phi) is 3.32. The number of Topliss-reactive ketones (excluding diaryl/α,β-unsaturated/α-hetero) is 1. The highest BCUT2D eigenvalue weighted by atomic mass is 16.4. The first-order valence-corrected chi connectivity index (χ1v) is 6.77. The molecule has 6 nitrogen and oxygen atoms in total. The van der Waals surface area contributed by atoms with E-state index in [1.165, 1.54) is 0 Å². The number of hydrogen-bond acceptors (Lipinski definition) is 6. The summed E-state index contributed by atoms with van der Waals surface area (Å²) in [6, 6.07) is 0.224. The molecule has 4 unspecified atom stereocenters. The number of piperidine rings is 2. The van der Waals surface area contributed by atoms with Crippen molar-refractivity contribution in [2.45, 2.75) is 31.5 Å². The molecule has 0 aromatic heterocycles. The van der Waals surface area contributed by atoms with Crippen LogP contribution in [0.5, 0.6) is 0 Å². The number of oxime groups is 1. The minimum absolute atomic E-state index is 0.0105. The lowest BCUT2D eigenvalue weighted by atomic mass is 9.84. The summed E-state index contributed by atoms with van der Waals surface area (Å²) in [4.78, 5) is 12.5. The van der Waals surface area contributed by atoms with Gasteiger partial charge < -0.3 is 15.8 Å². The van der Waals surface area contributed by atoms with Gasteiger partial charge in [-0.15, -0.1) is 0 Å². The van der Waals surface area contributed by atoms with E-state index in [1.54, 1.807) is 0 Å². The zero-order chi connectivity index (χ0) is 12.5. The Bertz CT molecular complexity index is 371. The Balaban J connectivity index is 1.92. The molecule has 0 spiro atoms. The van der Waals surface area contributed by atoms with E-state index in [-0.39, 0.29) is 29.8 Å². The summed E-state index contributed by atoms with van der Waals surface area (Å²) in [6.07, 6.45) is 2.87. The number of fused-ring (bicyclic) bond motifs is 2. The molecule has 0 aliphatic carbocycles. The van der Waals surface area contributed by atoms with E-state index in [4.69, 9.17) is 0 Å².